The van der Waals surface area contributed by atoms with Crippen molar-refractivity contribution in [3.8, 4) is 0 Å². The number of amides is 1. The quantitative estimate of drug-likeness (QED) is 0.740. The highest BCUT2D eigenvalue weighted by Crippen LogP contribution is 2.33. The van der Waals surface area contributed by atoms with Crippen LogP contribution in [0, 0.1) is 0 Å². The van der Waals surface area contributed by atoms with Crippen molar-refractivity contribution in [1.82, 2.24) is 9.97 Å². The first-order valence-electron chi connectivity index (χ1n) is 7.07. The van der Waals surface area contributed by atoms with Gasteiger partial charge in [0.1, 0.15) is 15.5 Å². The molecule has 0 unspecified atom stereocenters. The smallest absolute Gasteiger partial charge is 0.269 e. The minimum absolute atomic E-state index is 0.300. The van der Waals surface area contributed by atoms with Gasteiger partial charge in [0.15, 0.2) is 0 Å². The third kappa shape index (κ3) is 3.13. The lowest BCUT2D eigenvalue weighted by Crippen LogP contribution is -2.12. The predicted octanol–water partition coefficient (Wildman–Crippen LogP) is 4.30. The molecule has 0 saturated carbocycles. The Labute approximate surface area is 142 Å². The minimum atomic E-state index is -0.300. The molecule has 5 nitrogen and oxygen atoms in total. The number of hydrogen-bond acceptors (Lipinski definition) is 5. The van der Waals surface area contributed by atoms with Crippen LogP contribution in [0.2, 0.25) is 5.02 Å². The highest BCUT2D eigenvalue weighted by Gasteiger charge is 2.18. The van der Waals surface area contributed by atoms with E-state index < -0.39 is 0 Å². The van der Waals surface area contributed by atoms with E-state index in [2.05, 4.69) is 29.1 Å². The van der Waals surface area contributed by atoms with Gasteiger partial charge in [0, 0.05) is 17.3 Å². The maximum atomic E-state index is 12.4. The van der Waals surface area contributed by atoms with E-state index in [0.717, 1.165) is 15.9 Å². The molecule has 0 fully saturated rings. The molecule has 0 spiro atoms. The van der Waals surface area contributed by atoms with E-state index in [4.69, 9.17) is 17.3 Å². The van der Waals surface area contributed by atoms with E-state index in [0.29, 0.717) is 27.3 Å². The zero-order chi connectivity index (χ0) is 16.6. The molecule has 3 rings (SSSR count). The molecular formula is C16H15ClN4OS. The van der Waals surface area contributed by atoms with Crippen LogP contribution < -0.4 is 11.1 Å². The molecule has 0 radical (unpaired) electrons. The number of anilines is 2. The summed E-state index contributed by atoms with van der Waals surface area (Å²) in [6.45, 7) is 4.15. The molecule has 0 atom stereocenters. The van der Waals surface area contributed by atoms with Crippen molar-refractivity contribution < 1.29 is 4.79 Å². The van der Waals surface area contributed by atoms with Crippen LogP contribution in [0.25, 0.3) is 10.2 Å². The van der Waals surface area contributed by atoms with Crippen LogP contribution in [0.15, 0.2) is 30.5 Å². The van der Waals surface area contributed by atoms with Gasteiger partial charge in [0.25, 0.3) is 5.91 Å². The van der Waals surface area contributed by atoms with Crippen molar-refractivity contribution in [2.75, 3.05) is 11.1 Å². The fraction of sp³-hybridized carbons (Fsp3) is 0.188. The van der Waals surface area contributed by atoms with Gasteiger partial charge in [-0.15, -0.1) is 11.3 Å². The highest BCUT2D eigenvalue weighted by molar-refractivity contribution is 7.21. The second kappa shape index (κ2) is 6.14. The predicted molar refractivity (Wildman–Crippen MR) is 95.3 cm³/mol. The summed E-state index contributed by atoms with van der Waals surface area (Å²) < 4.78 is 0. The van der Waals surface area contributed by atoms with Crippen LogP contribution in [-0.4, -0.2) is 15.9 Å². The molecule has 0 bridgehead atoms. The average Bonchev–Trinajstić information content (AvgIpc) is 2.86. The van der Waals surface area contributed by atoms with E-state index in [1.54, 1.807) is 12.1 Å². The molecule has 3 aromatic rings. The SMILES string of the molecule is CC(C)c1ccc2c(N)c(C(=O)Nc3ccc(Cl)cn3)sc2n1. The standard InChI is InChI=1S/C16H15ClN4OS/c1-8(2)11-5-4-10-13(18)14(23-16(10)20-11)15(22)21-12-6-3-9(17)7-19-12/h3-8H,18H2,1-2H3,(H,19,21,22). The summed E-state index contributed by atoms with van der Waals surface area (Å²) in [6, 6.07) is 7.16. The normalized spacial score (nSPS) is 11.1. The van der Waals surface area contributed by atoms with Gasteiger partial charge >= 0.3 is 0 Å². The van der Waals surface area contributed by atoms with Gasteiger partial charge in [0.05, 0.1) is 10.7 Å². The second-order valence-corrected chi connectivity index (χ2v) is 6.84. The maximum Gasteiger partial charge on any atom is 0.269 e. The molecule has 7 heteroatoms. The summed E-state index contributed by atoms with van der Waals surface area (Å²) in [6.07, 6.45) is 1.47. The highest BCUT2D eigenvalue weighted by atomic mass is 35.5. The number of hydrogen-bond donors (Lipinski definition) is 2. The van der Waals surface area contributed by atoms with Crippen molar-refractivity contribution >= 4 is 50.6 Å². The molecule has 0 saturated heterocycles. The second-order valence-electron chi connectivity index (χ2n) is 5.40. The van der Waals surface area contributed by atoms with Crippen molar-refractivity contribution in [1.29, 1.82) is 0 Å². The van der Waals surface area contributed by atoms with Crippen LogP contribution in [-0.2, 0) is 0 Å². The third-order valence-electron chi connectivity index (χ3n) is 3.38. The minimum Gasteiger partial charge on any atom is -0.397 e. The van der Waals surface area contributed by atoms with Gasteiger partial charge in [0.2, 0.25) is 0 Å². The molecule has 3 aromatic heterocycles. The van der Waals surface area contributed by atoms with Crippen LogP contribution in [0.3, 0.4) is 0 Å². The van der Waals surface area contributed by atoms with Gasteiger partial charge in [-0.3, -0.25) is 4.79 Å². The molecule has 0 aliphatic heterocycles. The number of nitrogens with two attached hydrogens (primary N) is 1. The van der Waals surface area contributed by atoms with Gasteiger partial charge in [-0.2, -0.15) is 0 Å². The summed E-state index contributed by atoms with van der Waals surface area (Å²) in [4.78, 5) is 22.3. The lowest BCUT2D eigenvalue weighted by molar-refractivity contribution is 0.103. The Morgan fingerprint density at radius 3 is 2.74 bits per heavy atom. The van der Waals surface area contributed by atoms with Gasteiger partial charge < -0.3 is 11.1 Å². The van der Waals surface area contributed by atoms with E-state index in [1.807, 2.05) is 12.1 Å². The lowest BCUT2D eigenvalue weighted by atomic mass is 10.1. The number of thiophene rings is 1. The number of aromatic nitrogens is 2. The molecule has 1 amide bonds. The van der Waals surface area contributed by atoms with Crippen molar-refractivity contribution in [3.63, 3.8) is 0 Å². The fourth-order valence-corrected chi connectivity index (χ4v) is 3.23. The average molecular weight is 347 g/mol. The Morgan fingerprint density at radius 2 is 2.09 bits per heavy atom. The number of pyridine rings is 2. The number of fused-ring (bicyclic) bond motifs is 1. The van der Waals surface area contributed by atoms with E-state index in [1.165, 1.54) is 17.5 Å². The van der Waals surface area contributed by atoms with E-state index in [9.17, 15) is 4.79 Å². The number of nitrogen functional groups attached to an aromatic ring is 1. The van der Waals surface area contributed by atoms with Crippen molar-refractivity contribution in [2.24, 2.45) is 0 Å². The topological polar surface area (TPSA) is 80.9 Å². The van der Waals surface area contributed by atoms with Crippen LogP contribution >= 0.6 is 22.9 Å². The first kappa shape index (κ1) is 15.7. The number of carbonyl (C=O) groups excluding carboxylic acids is 1. The molecular weight excluding hydrogens is 332 g/mol. The molecule has 0 aliphatic carbocycles. The van der Waals surface area contributed by atoms with Crippen LogP contribution in [0.1, 0.15) is 35.1 Å². The first-order chi connectivity index (χ1) is 11.0. The van der Waals surface area contributed by atoms with Crippen LogP contribution in [0.5, 0.6) is 0 Å². The summed E-state index contributed by atoms with van der Waals surface area (Å²) in [7, 11) is 0. The van der Waals surface area contributed by atoms with Crippen molar-refractivity contribution in [2.45, 2.75) is 19.8 Å². The molecule has 3 N–H and O–H groups in total. The van der Waals surface area contributed by atoms with Gasteiger partial charge in [-0.05, 0) is 30.2 Å². The number of nitrogens with one attached hydrogen (secondary N) is 1. The van der Waals surface area contributed by atoms with Gasteiger partial charge in [-0.1, -0.05) is 25.4 Å². The molecule has 23 heavy (non-hydrogen) atoms. The summed E-state index contributed by atoms with van der Waals surface area (Å²) in [5.41, 5.74) is 7.53. The Balaban J connectivity index is 1.93. The summed E-state index contributed by atoms with van der Waals surface area (Å²) >= 11 is 7.07. The fourth-order valence-electron chi connectivity index (χ4n) is 2.12. The largest absolute Gasteiger partial charge is 0.397 e. The van der Waals surface area contributed by atoms with E-state index in [-0.39, 0.29) is 5.91 Å². The molecule has 118 valence electrons. The zero-order valence-corrected chi connectivity index (χ0v) is 14.2. The number of carbonyl (C=O) groups is 1. The first-order valence-corrected chi connectivity index (χ1v) is 8.27. The number of halogens is 1. The third-order valence-corrected chi connectivity index (χ3v) is 4.72. The maximum absolute atomic E-state index is 12.4. The van der Waals surface area contributed by atoms with E-state index >= 15 is 0 Å². The molecule has 0 aromatic carbocycles. The molecule has 3 heterocycles. The Bertz CT molecular complexity index is 874. The zero-order valence-electron chi connectivity index (χ0n) is 12.6. The van der Waals surface area contributed by atoms with Crippen LogP contribution in [0.4, 0.5) is 11.5 Å². The number of rotatable bonds is 3. The summed E-state index contributed by atoms with van der Waals surface area (Å²) in [5, 5.41) is 4.03. The lowest BCUT2D eigenvalue weighted by Gasteiger charge is -2.03. The number of nitrogens with zero attached hydrogens (tertiary/aromatic N) is 2. The summed E-state index contributed by atoms with van der Waals surface area (Å²) in [5.74, 6) is 0.441. The van der Waals surface area contributed by atoms with Crippen molar-refractivity contribution in [3.05, 3.63) is 46.1 Å². The Kier molecular flexibility index (Phi) is 4.19. The Morgan fingerprint density at radius 1 is 1.30 bits per heavy atom. The Hall–Kier alpha value is -2.18. The van der Waals surface area contributed by atoms with Gasteiger partial charge in [-0.25, -0.2) is 9.97 Å². The molecule has 0 aliphatic rings. The monoisotopic (exact) mass is 346 g/mol.